The van der Waals surface area contributed by atoms with Crippen molar-refractivity contribution < 1.29 is 0 Å². The molecule has 2 heterocycles. The number of aryl methyl sites for hydroxylation is 2. The summed E-state index contributed by atoms with van der Waals surface area (Å²) in [5.74, 6) is 0. The number of para-hydroxylation sites is 1. The van der Waals surface area contributed by atoms with Gasteiger partial charge in [-0.2, -0.15) is 0 Å². The quantitative estimate of drug-likeness (QED) is 0.777. The Hall–Kier alpha value is -1.28. The van der Waals surface area contributed by atoms with Crippen LogP contribution in [-0.4, -0.2) is 4.57 Å². The smallest absolute Gasteiger partial charge is 0.0519 e. The number of nitrogens with two attached hydrogens (primary N) is 1. The highest BCUT2D eigenvalue weighted by Gasteiger charge is 2.27. The second kappa shape index (κ2) is 2.89. The molecule has 1 aromatic heterocycles. The number of benzene rings is 1. The predicted octanol–water partition coefficient (Wildman–Crippen LogP) is 2.70. The van der Waals surface area contributed by atoms with E-state index in [9.17, 15) is 0 Å². The molecule has 0 amide bonds. The molecule has 0 bridgehead atoms. The Kier molecular flexibility index (Phi) is 1.79. The molecule has 0 unspecified atom stereocenters. The van der Waals surface area contributed by atoms with E-state index < -0.39 is 0 Å². The van der Waals surface area contributed by atoms with Crippen molar-refractivity contribution in [2.24, 2.45) is 5.73 Å². The van der Waals surface area contributed by atoms with Crippen molar-refractivity contribution in [1.29, 1.82) is 0 Å². The number of hydrogen-bond acceptors (Lipinski definition) is 1. The third-order valence-corrected chi connectivity index (χ3v) is 3.67. The van der Waals surface area contributed by atoms with Crippen molar-refractivity contribution in [3.8, 4) is 0 Å². The van der Waals surface area contributed by atoms with Gasteiger partial charge in [-0.1, -0.05) is 18.2 Å². The molecule has 0 saturated heterocycles. The van der Waals surface area contributed by atoms with E-state index >= 15 is 0 Å². The van der Waals surface area contributed by atoms with Crippen molar-refractivity contribution in [2.45, 2.75) is 39.3 Å². The van der Waals surface area contributed by atoms with E-state index in [-0.39, 0.29) is 5.54 Å². The maximum Gasteiger partial charge on any atom is 0.0519 e. The molecule has 2 nitrogen and oxygen atoms in total. The fourth-order valence-corrected chi connectivity index (χ4v) is 3.14. The van der Waals surface area contributed by atoms with Crippen LogP contribution in [0.2, 0.25) is 0 Å². The zero-order chi connectivity index (χ0) is 11.5. The second-order valence-corrected chi connectivity index (χ2v) is 5.40. The molecule has 0 spiro atoms. The summed E-state index contributed by atoms with van der Waals surface area (Å²) >= 11 is 0. The van der Waals surface area contributed by atoms with E-state index in [4.69, 9.17) is 5.73 Å². The van der Waals surface area contributed by atoms with E-state index in [1.54, 1.807) is 0 Å². The summed E-state index contributed by atoms with van der Waals surface area (Å²) in [5, 5.41) is 1.35. The fourth-order valence-electron chi connectivity index (χ4n) is 3.14. The topological polar surface area (TPSA) is 30.9 Å². The van der Waals surface area contributed by atoms with Crippen molar-refractivity contribution in [2.75, 3.05) is 0 Å². The SMILES string of the molecule is Cc1c(C(C)(C)N)c2cccc3c2n1CC3. The Morgan fingerprint density at radius 1 is 1.31 bits per heavy atom. The Labute approximate surface area is 96.1 Å². The number of aromatic nitrogens is 1. The largest absolute Gasteiger partial charge is 0.344 e. The van der Waals surface area contributed by atoms with Crippen LogP contribution in [0.25, 0.3) is 10.9 Å². The molecule has 0 radical (unpaired) electrons. The monoisotopic (exact) mass is 214 g/mol. The van der Waals surface area contributed by atoms with Gasteiger partial charge in [0.25, 0.3) is 0 Å². The van der Waals surface area contributed by atoms with Crippen LogP contribution in [0.5, 0.6) is 0 Å². The molecule has 0 atom stereocenters. The molecule has 3 rings (SSSR count). The van der Waals surface area contributed by atoms with Gasteiger partial charge in [-0.05, 0) is 38.3 Å². The van der Waals surface area contributed by atoms with Gasteiger partial charge in [-0.15, -0.1) is 0 Å². The molecule has 1 aliphatic heterocycles. The maximum absolute atomic E-state index is 6.30. The van der Waals surface area contributed by atoms with Crippen LogP contribution in [0.15, 0.2) is 18.2 Å². The third kappa shape index (κ3) is 1.11. The lowest BCUT2D eigenvalue weighted by Crippen LogP contribution is -2.29. The Bertz CT molecular complexity index is 570. The highest BCUT2D eigenvalue weighted by atomic mass is 15.0. The minimum absolute atomic E-state index is 0.260. The summed E-state index contributed by atoms with van der Waals surface area (Å²) < 4.78 is 2.43. The first-order chi connectivity index (χ1) is 7.50. The van der Waals surface area contributed by atoms with E-state index in [1.165, 1.54) is 34.1 Å². The van der Waals surface area contributed by atoms with Gasteiger partial charge in [0.2, 0.25) is 0 Å². The van der Waals surface area contributed by atoms with E-state index in [2.05, 4.69) is 43.5 Å². The average molecular weight is 214 g/mol. The Balaban J connectivity index is 2.48. The van der Waals surface area contributed by atoms with Crippen LogP contribution in [-0.2, 0) is 18.5 Å². The maximum atomic E-state index is 6.30. The summed E-state index contributed by atoms with van der Waals surface area (Å²) in [6.07, 6.45) is 1.17. The van der Waals surface area contributed by atoms with Gasteiger partial charge < -0.3 is 10.3 Å². The Morgan fingerprint density at radius 3 is 2.75 bits per heavy atom. The van der Waals surface area contributed by atoms with Gasteiger partial charge in [0.15, 0.2) is 0 Å². The zero-order valence-corrected chi connectivity index (χ0v) is 10.2. The number of rotatable bonds is 1. The normalized spacial score (nSPS) is 15.0. The van der Waals surface area contributed by atoms with E-state index in [0.717, 1.165) is 6.54 Å². The summed E-state index contributed by atoms with van der Waals surface area (Å²) in [6.45, 7) is 7.48. The summed E-state index contributed by atoms with van der Waals surface area (Å²) in [7, 11) is 0. The van der Waals surface area contributed by atoms with Gasteiger partial charge >= 0.3 is 0 Å². The van der Waals surface area contributed by atoms with Gasteiger partial charge in [-0.25, -0.2) is 0 Å². The highest BCUT2D eigenvalue weighted by Crippen LogP contribution is 2.37. The van der Waals surface area contributed by atoms with Crippen molar-refractivity contribution in [1.82, 2.24) is 4.57 Å². The number of nitrogens with zero attached hydrogens (tertiary/aromatic N) is 1. The molecule has 2 N–H and O–H groups in total. The van der Waals surface area contributed by atoms with Crippen molar-refractivity contribution in [3.05, 3.63) is 35.0 Å². The van der Waals surface area contributed by atoms with Crippen LogP contribution in [0.4, 0.5) is 0 Å². The number of hydrogen-bond donors (Lipinski definition) is 1. The standard InChI is InChI=1S/C14H18N2/c1-9-12(14(2,3)15)11-6-4-5-10-7-8-16(9)13(10)11/h4-6H,7-8,15H2,1-3H3. The molecular formula is C14H18N2. The lowest BCUT2D eigenvalue weighted by Gasteiger charge is -2.20. The van der Waals surface area contributed by atoms with E-state index in [0.29, 0.717) is 0 Å². The fraction of sp³-hybridized carbons (Fsp3) is 0.429. The first-order valence-electron chi connectivity index (χ1n) is 5.90. The van der Waals surface area contributed by atoms with Crippen molar-refractivity contribution >= 4 is 10.9 Å². The molecule has 2 heteroatoms. The van der Waals surface area contributed by atoms with Crippen molar-refractivity contribution in [3.63, 3.8) is 0 Å². The van der Waals surface area contributed by atoms with Crippen LogP contribution in [0, 0.1) is 6.92 Å². The lowest BCUT2D eigenvalue weighted by atomic mass is 9.92. The van der Waals surface area contributed by atoms with E-state index in [1.807, 2.05) is 0 Å². The summed E-state index contributed by atoms with van der Waals surface area (Å²) in [6, 6.07) is 6.60. The summed E-state index contributed by atoms with van der Waals surface area (Å²) in [4.78, 5) is 0. The molecule has 1 aromatic carbocycles. The first kappa shape index (κ1) is 9.91. The third-order valence-electron chi connectivity index (χ3n) is 3.67. The van der Waals surface area contributed by atoms with Crippen LogP contribution < -0.4 is 5.73 Å². The van der Waals surface area contributed by atoms with Gasteiger partial charge in [-0.3, -0.25) is 0 Å². The van der Waals surface area contributed by atoms with Gasteiger partial charge in [0.1, 0.15) is 0 Å². The molecule has 2 aromatic rings. The average Bonchev–Trinajstić information content (AvgIpc) is 2.71. The zero-order valence-electron chi connectivity index (χ0n) is 10.2. The minimum Gasteiger partial charge on any atom is -0.344 e. The highest BCUT2D eigenvalue weighted by molar-refractivity contribution is 5.90. The molecule has 0 fully saturated rings. The van der Waals surface area contributed by atoms with Gasteiger partial charge in [0.05, 0.1) is 5.52 Å². The first-order valence-corrected chi connectivity index (χ1v) is 5.90. The molecular weight excluding hydrogens is 196 g/mol. The Morgan fingerprint density at radius 2 is 2.06 bits per heavy atom. The van der Waals surface area contributed by atoms with Crippen LogP contribution >= 0.6 is 0 Å². The molecule has 1 aliphatic rings. The minimum atomic E-state index is -0.260. The molecule has 16 heavy (non-hydrogen) atoms. The lowest BCUT2D eigenvalue weighted by molar-refractivity contribution is 0.549. The molecule has 0 saturated carbocycles. The second-order valence-electron chi connectivity index (χ2n) is 5.40. The molecule has 0 aliphatic carbocycles. The summed E-state index contributed by atoms with van der Waals surface area (Å²) in [5.41, 5.74) is 11.6. The molecule has 84 valence electrons. The van der Waals surface area contributed by atoms with Gasteiger partial charge in [0, 0.05) is 23.2 Å². The van der Waals surface area contributed by atoms with Crippen LogP contribution in [0.1, 0.15) is 30.7 Å². The predicted molar refractivity (Wildman–Crippen MR) is 67.6 cm³/mol. The van der Waals surface area contributed by atoms with Crippen LogP contribution in [0.3, 0.4) is 0 Å².